The van der Waals surface area contributed by atoms with Crippen LogP contribution in [0.3, 0.4) is 0 Å². The summed E-state index contributed by atoms with van der Waals surface area (Å²) in [6.45, 7) is 4.11. The second kappa shape index (κ2) is 8.40. The lowest BCUT2D eigenvalue weighted by atomic mass is 9.84. The summed E-state index contributed by atoms with van der Waals surface area (Å²) >= 11 is 0. The fourth-order valence-corrected chi connectivity index (χ4v) is 3.44. The van der Waals surface area contributed by atoms with Crippen LogP contribution in [0.4, 0.5) is 0 Å². The highest BCUT2D eigenvalue weighted by atomic mass is 16.6. The zero-order chi connectivity index (χ0) is 19.3. The molecule has 0 radical (unpaired) electrons. The maximum absolute atomic E-state index is 12.6. The highest BCUT2D eigenvalue weighted by Crippen LogP contribution is 2.45. The summed E-state index contributed by atoms with van der Waals surface area (Å²) in [4.78, 5) is 27.2. The van der Waals surface area contributed by atoms with Gasteiger partial charge in [0.25, 0.3) is 0 Å². The number of hydrogen-bond donors (Lipinski definition) is 0. The van der Waals surface area contributed by atoms with Crippen LogP contribution in [-0.2, 0) is 19.1 Å². The Labute approximate surface area is 154 Å². The molecule has 0 N–H and O–H groups in total. The van der Waals surface area contributed by atoms with E-state index in [1.807, 2.05) is 30.1 Å². The molecular weight excluding hydrogens is 338 g/mol. The molecule has 0 bridgehead atoms. The standard InChI is InChI=1S/C19H27NO6/c1-6-25-17(21)19(18(22)26-7-2)11-14(20(3)12-19)13-8-9-15(23-4)16(10-13)24-5/h8-10,14H,6-7,11-12H2,1-5H3. The molecule has 1 fully saturated rings. The third kappa shape index (κ3) is 3.62. The van der Waals surface area contributed by atoms with Gasteiger partial charge in [0.2, 0.25) is 0 Å². The highest BCUT2D eigenvalue weighted by molar-refractivity contribution is 6.01. The van der Waals surface area contributed by atoms with E-state index in [-0.39, 0.29) is 32.2 Å². The summed E-state index contributed by atoms with van der Waals surface area (Å²) in [7, 11) is 5.02. The molecule has 1 aliphatic rings. The monoisotopic (exact) mass is 365 g/mol. The lowest BCUT2D eigenvalue weighted by molar-refractivity contribution is -0.171. The van der Waals surface area contributed by atoms with Crippen LogP contribution >= 0.6 is 0 Å². The second-order valence-electron chi connectivity index (χ2n) is 6.27. The largest absolute Gasteiger partial charge is 0.493 e. The average Bonchev–Trinajstić information content (AvgIpc) is 3.00. The number of rotatable bonds is 7. The maximum atomic E-state index is 12.6. The number of benzene rings is 1. The predicted octanol–water partition coefficient (Wildman–Crippen LogP) is 2.19. The Hall–Kier alpha value is -2.28. The highest BCUT2D eigenvalue weighted by Gasteiger charge is 2.56. The quantitative estimate of drug-likeness (QED) is 0.542. The van der Waals surface area contributed by atoms with Gasteiger partial charge in [0.1, 0.15) is 0 Å². The summed E-state index contributed by atoms with van der Waals surface area (Å²) in [6.07, 6.45) is 0.288. The van der Waals surface area contributed by atoms with Crippen LogP contribution in [0.5, 0.6) is 11.5 Å². The molecule has 1 aromatic carbocycles. The van der Waals surface area contributed by atoms with E-state index in [9.17, 15) is 9.59 Å². The molecule has 144 valence electrons. The molecule has 7 nitrogen and oxygen atoms in total. The van der Waals surface area contributed by atoms with Gasteiger partial charge in [-0.05, 0) is 45.0 Å². The van der Waals surface area contributed by atoms with E-state index in [0.717, 1.165) is 5.56 Å². The van der Waals surface area contributed by atoms with E-state index < -0.39 is 17.4 Å². The van der Waals surface area contributed by atoms with E-state index >= 15 is 0 Å². The third-order valence-corrected chi connectivity index (χ3v) is 4.72. The molecular formula is C19H27NO6. The molecule has 1 unspecified atom stereocenters. The van der Waals surface area contributed by atoms with Gasteiger partial charge >= 0.3 is 11.9 Å². The summed E-state index contributed by atoms with van der Waals surface area (Å²) in [6, 6.07) is 5.45. The van der Waals surface area contributed by atoms with Crippen molar-refractivity contribution >= 4 is 11.9 Å². The van der Waals surface area contributed by atoms with Crippen LogP contribution in [0.25, 0.3) is 0 Å². The Balaban J connectivity index is 2.38. The van der Waals surface area contributed by atoms with Crippen LogP contribution in [0, 0.1) is 5.41 Å². The molecule has 0 aliphatic carbocycles. The smallest absolute Gasteiger partial charge is 0.324 e. The van der Waals surface area contributed by atoms with E-state index in [4.69, 9.17) is 18.9 Å². The van der Waals surface area contributed by atoms with Gasteiger partial charge in [-0.25, -0.2) is 0 Å². The van der Waals surface area contributed by atoms with Crippen molar-refractivity contribution in [3.8, 4) is 11.5 Å². The molecule has 1 atom stereocenters. The van der Waals surface area contributed by atoms with Crippen LogP contribution in [0.2, 0.25) is 0 Å². The lowest BCUT2D eigenvalue weighted by Crippen LogP contribution is -2.44. The van der Waals surface area contributed by atoms with E-state index in [0.29, 0.717) is 11.5 Å². The summed E-state index contributed by atoms with van der Waals surface area (Å²) in [5, 5.41) is 0. The SMILES string of the molecule is CCOC(=O)C1(C(=O)OCC)CC(c2ccc(OC)c(OC)c2)N(C)C1. The first-order valence-corrected chi connectivity index (χ1v) is 8.70. The van der Waals surface area contributed by atoms with Gasteiger partial charge in [-0.2, -0.15) is 0 Å². The minimum absolute atomic E-state index is 0.149. The van der Waals surface area contributed by atoms with Gasteiger partial charge in [0, 0.05) is 12.6 Å². The number of likely N-dealkylation sites (tertiary alicyclic amines) is 1. The van der Waals surface area contributed by atoms with Crippen LogP contribution in [0.1, 0.15) is 31.9 Å². The van der Waals surface area contributed by atoms with Crippen molar-refractivity contribution in [1.29, 1.82) is 0 Å². The summed E-state index contributed by atoms with van der Waals surface area (Å²) in [5.74, 6) is 0.156. The topological polar surface area (TPSA) is 74.3 Å². The first-order valence-electron chi connectivity index (χ1n) is 8.70. The van der Waals surface area contributed by atoms with E-state index in [2.05, 4.69) is 0 Å². The molecule has 0 amide bonds. The normalized spacial score (nSPS) is 19.0. The van der Waals surface area contributed by atoms with Crippen molar-refractivity contribution < 1.29 is 28.5 Å². The first kappa shape index (κ1) is 20.0. The number of esters is 2. The Morgan fingerprint density at radius 3 is 2.15 bits per heavy atom. The zero-order valence-corrected chi connectivity index (χ0v) is 16.0. The Bertz CT molecular complexity index is 641. The van der Waals surface area contributed by atoms with Crippen LogP contribution in [-0.4, -0.2) is 57.9 Å². The van der Waals surface area contributed by atoms with Crippen molar-refractivity contribution in [1.82, 2.24) is 4.90 Å². The number of hydrogen-bond acceptors (Lipinski definition) is 7. The van der Waals surface area contributed by atoms with Gasteiger partial charge in [0.05, 0.1) is 27.4 Å². The van der Waals surface area contributed by atoms with Crippen molar-refractivity contribution in [3.05, 3.63) is 23.8 Å². The van der Waals surface area contributed by atoms with Crippen LogP contribution in [0.15, 0.2) is 18.2 Å². The summed E-state index contributed by atoms with van der Waals surface area (Å²) < 4.78 is 21.0. The number of carbonyl (C=O) groups excluding carboxylic acids is 2. The minimum Gasteiger partial charge on any atom is -0.493 e. The van der Waals surface area contributed by atoms with E-state index in [1.54, 1.807) is 28.1 Å². The Kier molecular flexibility index (Phi) is 6.47. The fourth-order valence-electron chi connectivity index (χ4n) is 3.44. The molecule has 0 saturated carbocycles. The van der Waals surface area contributed by atoms with Crippen molar-refractivity contribution in [2.75, 3.05) is 41.0 Å². The molecule has 7 heteroatoms. The van der Waals surface area contributed by atoms with Crippen molar-refractivity contribution in [2.24, 2.45) is 5.41 Å². The molecule has 26 heavy (non-hydrogen) atoms. The molecule has 0 aromatic heterocycles. The number of ether oxygens (including phenoxy) is 4. The zero-order valence-electron chi connectivity index (χ0n) is 16.0. The first-order chi connectivity index (χ1) is 12.4. The van der Waals surface area contributed by atoms with Crippen molar-refractivity contribution in [3.63, 3.8) is 0 Å². The van der Waals surface area contributed by atoms with E-state index in [1.165, 1.54) is 0 Å². The lowest BCUT2D eigenvalue weighted by Gasteiger charge is -2.23. The molecule has 1 saturated heterocycles. The number of methoxy groups -OCH3 is 2. The Morgan fingerprint density at radius 1 is 1.08 bits per heavy atom. The van der Waals surface area contributed by atoms with Gasteiger partial charge in [-0.15, -0.1) is 0 Å². The Morgan fingerprint density at radius 2 is 1.65 bits per heavy atom. The third-order valence-electron chi connectivity index (χ3n) is 4.72. The van der Waals surface area contributed by atoms with Gasteiger partial charge < -0.3 is 18.9 Å². The van der Waals surface area contributed by atoms with Gasteiger partial charge in [-0.1, -0.05) is 6.07 Å². The predicted molar refractivity (Wildman–Crippen MR) is 95.2 cm³/mol. The molecule has 0 spiro atoms. The van der Waals surface area contributed by atoms with Gasteiger partial charge in [0.15, 0.2) is 16.9 Å². The molecule has 1 aromatic rings. The maximum Gasteiger partial charge on any atom is 0.324 e. The second-order valence-corrected chi connectivity index (χ2v) is 6.27. The summed E-state index contributed by atoms with van der Waals surface area (Å²) in [5.41, 5.74) is -0.390. The molecule has 1 heterocycles. The van der Waals surface area contributed by atoms with Crippen molar-refractivity contribution in [2.45, 2.75) is 26.3 Å². The minimum atomic E-state index is -1.32. The number of nitrogens with zero attached hydrogens (tertiary/aromatic N) is 1. The van der Waals surface area contributed by atoms with Gasteiger partial charge in [-0.3, -0.25) is 14.5 Å². The molecule has 1 aliphatic heterocycles. The number of carbonyl (C=O) groups is 2. The van der Waals surface area contributed by atoms with Crippen LogP contribution < -0.4 is 9.47 Å². The average molecular weight is 365 g/mol. The fraction of sp³-hybridized carbons (Fsp3) is 0.579. The molecule has 2 rings (SSSR count).